The monoisotopic (exact) mass is 291 g/mol. The Morgan fingerprint density at radius 1 is 1.14 bits per heavy atom. The van der Waals surface area contributed by atoms with Crippen molar-refractivity contribution >= 4 is 0 Å². The van der Waals surface area contributed by atoms with Crippen LogP contribution in [0.5, 0.6) is 5.75 Å². The first-order valence-electron chi connectivity index (χ1n) is 6.98. The van der Waals surface area contributed by atoms with E-state index in [-0.39, 0.29) is 12.6 Å². The number of para-hydroxylation sites is 1. The molecular formula is C17H19F2NO. The number of nitrogens with one attached hydrogen (secondary N) is 1. The first-order valence-corrected chi connectivity index (χ1v) is 6.98. The molecule has 21 heavy (non-hydrogen) atoms. The van der Waals surface area contributed by atoms with Gasteiger partial charge in [-0.3, -0.25) is 0 Å². The summed E-state index contributed by atoms with van der Waals surface area (Å²) in [5.41, 5.74) is 1.37. The smallest absolute Gasteiger partial charge is 0.132 e. The van der Waals surface area contributed by atoms with Crippen molar-refractivity contribution in [3.05, 3.63) is 65.2 Å². The summed E-state index contributed by atoms with van der Waals surface area (Å²) in [6.45, 7) is 2.15. The Kier molecular flexibility index (Phi) is 5.28. The van der Waals surface area contributed by atoms with E-state index >= 15 is 0 Å². The third kappa shape index (κ3) is 3.79. The van der Waals surface area contributed by atoms with Crippen LogP contribution in [0.4, 0.5) is 8.78 Å². The van der Waals surface area contributed by atoms with Gasteiger partial charge >= 0.3 is 0 Å². The molecule has 1 N–H and O–H groups in total. The predicted octanol–water partition coefficient (Wildman–Crippen LogP) is 4.21. The number of benzene rings is 2. The van der Waals surface area contributed by atoms with Crippen LogP contribution in [-0.4, -0.2) is 7.05 Å². The van der Waals surface area contributed by atoms with Crippen LogP contribution in [0.25, 0.3) is 0 Å². The van der Waals surface area contributed by atoms with Gasteiger partial charge in [0, 0.05) is 23.2 Å². The molecule has 2 nitrogen and oxygen atoms in total. The summed E-state index contributed by atoms with van der Waals surface area (Å²) in [5, 5.41) is 3.22. The summed E-state index contributed by atoms with van der Waals surface area (Å²) in [6, 6.07) is 11.4. The molecule has 0 radical (unpaired) electrons. The molecule has 0 bridgehead atoms. The number of hydrogen-bond acceptors (Lipinski definition) is 2. The highest BCUT2D eigenvalue weighted by Gasteiger charge is 2.13. The lowest BCUT2D eigenvalue weighted by Crippen LogP contribution is -2.16. The van der Waals surface area contributed by atoms with Gasteiger partial charge in [-0.2, -0.15) is 0 Å². The highest BCUT2D eigenvalue weighted by atomic mass is 19.1. The molecule has 0 heterocycles. The molecule has 0 spiro atoms. The maximum absolute atomic E-state index is 13.6. The van der Waals surface area contributed by atoms with E-state index in [1.54, 1.807) is 0 Å². The fourth-order valence-corrected chi connectivity index (χ4v) is 2.27. The quantitative estimate of drug-likeness (QED) is 0.860. The Bertz CT molecular complexity index is 597. The van der Waals surface area contributed by atoms with Crippen LogP contribution in [0.2, 0.25) is 0 Å². The maximum Gasteiger partial charge on any atom is 0.132 e. The fraction of sp³-hybridized carbons (Fsp3) is 0.294. The Morgan fingerprint density at radius 2 is 1.90 bits per heavy atom. The van der Waals surface area contributed by atoms with Crippen molar-refractivity contribution in [1.82, 2.24) is 5.32 Å². The van der Waals surface area contributed by atoms with Gasteiger partial charge in [0.15, 0.2) is 0 Å². The molecule has 0 aliphatic rings. The van der Waals surface area contributed by atoms with Crippen LogP contribution in [0.1, 0.15) is 30.5 Å². The summed E-state index contributed by atoms with van der Waals surface area (Å²) in [4.78, 5) is 0. The zero-order chi connectivity index (χ0) is 15.2. The lowest BCUT2D eigenvalue weighted by molar-refractivity contribution is 0.293. The van der Waals surface area contributed by atoms with Gasteiger partial charge in [0.05, 0.1) is 0 Å². The van der Waals surface area contributed by atoms with E-state index in [0.29, 0.717) is 11.3 Å². The van der Waals surface area contributed by atoms with E-state index in [4.69, 9.17) is 4.74 Å². The Balaban J connectivity index is 2.16. The standard InChI is InChI=1S/C17H19F2NO/c1-3-16(20-2)14-6-4-5-7-17(14)21-11-12-8-9-13(18)10-15(12)19/h4-10,16,20H,3,11H2,1-2H3. The zero-order valence-corrected chi connectivity index (χ0v) is 12.2. The van der Waals surface area contributed by atoms with Gasteiger partial charge in [-0.1, -0.05) is 25.1 Å². The van der Waals surface area contributed by atoms with Crippen molar-refractivity contribution < 1.29 is 13.5 Å². The lowest BCUT2D eigenvalue weighted by atomic mass is 10.0. The molecule has 1 atom stereocenters. The van der Waals surface area contributed by atoms with E-state index < -0.39 is 11.6 Å². The average molecular weight is 291 g/mol. The largest absolute Gasteiger partial charge is 0.488 e. The maximum atomic E-state index is 13.6. The summed E-state index contributed by atoms with van der Waals surface area (Å²) in [6.07, 6.45) is 0.918. The summed E-state index contributed by atoms with van der Waals surface area (Å²) in [5.74, 6) is -0.464. The zero-order valence-electron chi connectivity index (χ0n) is 12.2. The van der Waals surface area contributed by atoms with Gasteiger partial charge in [-0.15, -0.1) is 0 Å². The first-order chi connectivity index (χ1) is 10.2. The number of hydrogen-bond donors (Lipinski definition) is 1. The normalized spacial score (nSPS) is 12.2. The number of halogens is 2. The van der Waals surface area contributed by atoms with Gasteiger partial charge in [0.2, 0.25) is 0 Å². The second kappa shape index (κ2) is 7.18. The molecule has 112 valence electrons. The van der Waals surface area contributed by atoms with Crippen LogP contribution < -0.4 is 10.1 Å². The van der Waals surface area contributed by atoms with E-state index in [0.717, 1.165) is 18.1 Å². The van der Waals surface area contributed by atoms with Crippen molar-refractivity contribution in [2.75, 3.05) is 7.05 Å². The second-order valence-corrected chi connectivity index (χ2v) is 4.81. The van der Waals surface area contributed by atoms with Crippen LogP contribution in [0.3, 0.4) is 0 Å². The minimum absolute atomic E-state index is 0.0727. The third-order valence-corrected chi connectivity index (χ3v) is 3.45. The second-order valence-electron chi connectivity index (χ2n) is 4.81. The minimum atomic E-state index is -0.590. The summed E-state index contributed by atoms with van der Waals surface area (Å²) in [7, 11) is 1.89. The van der Waals surface area contributed by atoms with Crippen LogP contribution >= 0.6 is 0 Å². The molecule has 0 fully saturated rings. The third-order valence-electron chi connectivity index (χ3n) is 3.45. The topological polar surface area (TPSA) is 21.3 Å². The van der Waals surface area contributed by atoms with Gasteiger partial charge in [0.1, 0.15) is 24.0 Å². The molecule has 4 heteroatoms. The Labute approximate surface area is 123 Å². The molecule has 1 unspecified atom stereocenters. The SMILES string of the molecule is CCC(NC)c1ccccc1OCc1ccc(F)cc1F. The molecule has 0 aromatic heterocycles. The van der Waals surface area contributed by atoms with E-state index in [2.05, 4.69) is 12.2 Å². The fourth-order valence-electron chi connectivity index (χ4n) is 2.27. The minimum Gasteiger partial charge on any atom is -0.488 e. The number of ether oxygens (including phenoxy) is 1. The molecule has 0 saturated carbocycles. The molecule has 0 saturated heterocycles. The van der Waals surface area contributed by atoms with Crippen LogP contribution in [-0.2, 0) is 6.61 Å². The molecule has 2 aromatic rings. The highest BCUT2D eigenvalue weighted by molar-refractivity contribution is 5.36. The van der Waals surface area contributed by atoms with E-state index in [9.17, 15) is 8.78 Å². The first kappa shape index (κ1) is 15.4. The van der Waals surface area contributed by atoms with Crippen LogP contribution in [0, 0.1) is 11.6 Å². The molecular weight excluding hydrogens is 272 g/mol. The lowest BCUT2D eigenvalue weighted by Gasteiger charge is -2.18. The van der Waals surface area contributed by atoms with Gasteiger partial charge in [-0.05, 0) is 31.7 Å². The van der Waals surface area contributed by atoms with E-state index in [1.807, 2.05) is 31.3 Å². The van der Waals surface area contributed by atoms with Crippen molar-refractivity contribution in [2.24, 2.45) is 0 Å². The molecule has 0 aliphatic heterocycles. The van der Waals surface area contributed by atoms with Crippen molar-refractivity contribution in [1.29, 1.82) is 0 Å². The molecule has 2 aromatic carbocycles. The summed E-state index contributed by atoms with van der Waals surface area (Å²) >= 11 is 0. The molecule has 0 aliphatic carbocycles. The summed E-state index contributed by atoms with van der Waals surface area (Å²) < 4.78 is 32.2. The van der Waals surface area contributed by atoms with E-state index in [1.165, 1.54) is 12.1 Å². The van der Waals surface area contributed by atoms with Crippen LogP contribution in [0.15, 0.2) is 42.5 Å². The predicted molar refractivity (Wildman–Crippen MR) is 79.2 cm³/mol. The van der Waals surface area contributed by atoms with Crippen molar-refractivity contribution in [3.63, 3.8) is 0 Å². The molecule has 0 amide bonds. The van der Waals surface area contributed by atoms with Crippen molar-refractivity contribution in [3.8, 4) is 5.75 Å². The van der Waals surface area contributed by atoms with Gasteiger partial charge < -0.3 is 10.1 Å². The van der Waals surface area contributed by atoms with Crippen molar-refractivity contribution in [2.45, 2.75) is 26.0 Å². The van der Waals surface area contributed by atoms with Gasteiger partial charge in [-0.25, -0.2) is 8.78 Å². The van der Waals surface area contributed by atoms with Gasteiger partial charge in [0.25, 0.3) is 0 Å². The number of rotatable bonds is 6. The highest BCUT2D eigenvalue weighted by Crippen LogP contribution is 2.27. The average Bonchev–Trinajstić information content (AvgIpc) is 2.49. The Hall–Kier alpha value is -1.94. The Morgan fingerprint density at radius 3 is 2.57 bits per heavy atom. The molecule has 2 rings (SSSR count).